The van der Waals surface area contributed by atoms with Gasteiger partial charge in [0, 0.05) is 19.6 Å². The molecule has 2 aromatic heterocycles. The number of likely N-dealkylation sites (tertiary alicyclic amines) is 1. The van der Waals surface area contributed by atoms with Gasteiger partial charge in [-0.3, -0.25) is 9.88 Å². The van der Waals surface area contributed by atoms with E-state index in [1.807, 2.05) is 0 Å². The molecule has 0 radical (unpaired) electrons. The Bertz CT molecular complexity index is 727. The highest BCUT2D eigenvalue weighted by atomic mass is 19.1. The molecule has 0 aromatic carbocycles. The molecule has 1 saturated heterocycles. The van der Waals surface area contributed by atoms with Crippen molar-refractivity contribution < 1.29 is 19.3 Å². The van der Waals surface area contributed by atoms with Crippen molar-refractivity contribution in [2.45, 2.75) is 25.0 Å². The first-order chi connectivity index (χ1) is 12.6. The Balaban J connectivity index is 1.28. The summed E-state index contributed by atoms with van der Waals surface area (Å²) in [5.74, 6) is 1.31. The van der Waals surface area contributed by atoms with E-state index in [1.54, 1.807) is 12.1 Å². The van der Waals surface area contributed by atoms with Gasteiger partial charge in [-0.15, -0.1) is 0 Å². The molecule has 7 heteroatoms. The number of nitrogens with zero attached hydrogens (tertiary/aromatic N) is 3. The third kappa shape index (κ3) is 3.78. The summed E-state index contributed by atoms with van der Waals surface area (Å²) in [4.78, 5) is 9.97. The molecule has 1 saturated carbocycles. The molecule has 0 spiro atoms. The van der Waals surface area contributed by atoms with Crippen LogP contribution in [0.1, 0.15) is 24.6 Å². The third-order valence-corrected chi connectivity index (χ3v) is 5.33. The first-order valence-corrected chi connectivity index (χ1v) is 8.90. The van der Waals surface area contributed by atoms with Gasteiger partial charge in [0.2, 0.25) is 5.95 Å². The van der Waals surface area contributed by atoms with Crippen LogP contribution in [0, 0.1) is 17.8 Å². The molecule has 6 nitrogen and oxygen atoms in total. The lowest BCUT2D eigenvalue weighted by atomic mass is 10.0. The summed E-state index contributed by atoms with van der Waals surface area (Å²) in [5, 5.41) is 19.6. The quantitative estimate of drug-likeness (QED) is 0.797. The van der Waals surface area contributed by atoms with Gasteiger partial charge in [0.25, 0.3) is 0 Å². The highest BCUT2D eigenvalue weighted by molar-refractivity contribution is 5.19. The summed E-state index contributed by atoms with van der Waals surface area (Å²) in [6.45, 7) is 2.40. The average Bonchev–Trinajstić information content (AvgIpc) is 3.15. The second-order valence-electron chi connectivity index (χ2n) is 7.22. The molecule has 0 bridgehead atoms. The molecule has 0 amide bonds. The Labute approximate surface area is 151 Å². The van der Waals surface area contributed by atoms with E-state index in [2.05, 4.69) is 14.9 Å². The minimum atomic E-state index is -0.660. The van der Waals surface area contributed by atoms with Crippen LogP contribution in [0.15, 0.2) is 36.7 Å². The van der Waals surface area contributed by atoms with Crippen LogP contribution < -0.4 is 4.74 Å². The number of rotatable bonds is 5. The molecule has 1 unspecified atom stereocenters. The Hall–Kier alpha value is -2.25. The highest BCUT2D eigenvalue weighted by Crippen LogP contribution is 2.40. The normalized spacial score (nSPS) is 26.6. The fourth-order valence-electron chi connectivity index (χ4n) is 4.14. The maximum absolute atomic E-state index is 12.9. The minimum absolute atomic E-state index is 0.0963. The number of pyridine rings is 2. The van der Waals surface area contributed by atoms with E-state index < -0.39 is 12.1 Å². The molecule has 2 aromatic rings. The van der Waals surface area contributed by atoms with Crippen molar-refractivity contribution in [1.82, 2.24) is 14.9 Å². The smallest absolute Gasteiger partial charge is 0.213 e. The third-order valence-electron chi connectivity index (χ3n) is 5.33. The lowest BCUT2D eigenvalue weighted by molar-refractivity contribution is 0.113. The zero-order chi connectivity index (χ0) is 18.1. The van der Waals surface area contributed by atoms with E-state index in [1.165, 1.54) is 24.5 Å². The van der Waals surface area contributed by atoms with Gasteiger partial charge in [0.1, 0.15) is 17.6 Å². The lowest BCUT2D eigenvalue weighted by Crippen LogP contribution is -2.29. The van der Waals surface area contributed by atoms with E-state index in [9.17, 15) is 14.6 Å². The van der Waals surface area contributed by atoms with Gasteiger partial charge < -0.3 is 14.9 Å². The molecule has 1 aliphatic carbocycles. The number of ether oxygens (including phenoxy) is 1. The number of β-amino-alcohol motifs (C(OH)–C–C–N with tert-alkyl or cyclic N) is 1. The van der Waals surface area contributed by atoms with Crippen molar-refractivity contribution in [1.29, 1.82) is 0 Å². The van der Waals surface area contributed by atoms with E-state index in [4.69, 9.17) is 4.74 Å². The summed E-state index contributed by atoms with van der Waals surface area (Å²) in [5.41, 5.74) is 0.574. The van der Waals surface area contributed by atoms with Gasteiger partial charge in [0.15, 0.2) is 0 Å². The van der Waals surface area contributed by atoms with Crippen molar-refractivity contribution in [3.05, 3.63) is 48.3 Å². The Kier molecular flexibility index (Phi) is 4.74. The van der Waals surface area contributed by atoms with Gasteiger partial charge in [-0.05, 0) is 48.9 Å². The van der Waals surface area contributed by atoms with Crippen molar-refractivity contribution in [3.63, 3.8) is 0 Å². The second kappa shape index (κ2) is 7.17. The number of aromatic nitrogens is 2. The largest absolute Gasteiger partial charge is 0.506 e. The van der Waals surface area contributed by atoms with Crippen molar-refractivity contribution in [3.8, 4) is 11.5 Å². The summed E-state index contributed by atoms with van der Waals surface area (Å²) in [6.07, 6.45) is 4.19. The molecule has 3 heterocycles. The Morgan fingerprint density at radius 2 is 1.88 bits per heavy atom. The van der Waals surface area contributed by atoms with Crippen LogP contribution in [0.5, 0.6) is 11.5 Å². The van der Waals surface area contributed by atoms with Gasteiger partial charge in [-0.1, -0.05) is 0 Å². The Morgan fingerprint density at radius 1 is 1.12 bits per heavy atom. The summed E-state index contributed by atoms with van der Waals surface area (Å²) >= 11 is 0. The van der Waals surface area contributed by atoms with Crippen LogP contribution in [0.3, 0.4) is 0 Å². The first-order valence-electron chi connectivity index (χ1n) is 8.90. The zero-order valence-corrected chi connectivity index (χ0v) is 14.3. The predicted octanol–water partition coefficient (Wildman–Crippen LogP) is 2.14. The number of aliphatic hydroxyl groups is 1. The predicted molar refractivity (Wildman–Crippen MR) is 92.1 cm³/mol. The number of hydrogen-bond acceptors (Lipinski definition) is 6. The number of halogens is 1. The summed E-state index contributed by atoms with van der Waals surface area (Å²) in [6, 6.07) is 6.11. The van der Waals surface area contributed by atoms with Crippen LogP contribution >= 0.6 is 0 Å². The molecule has 4 rings (SSSR count). The van der Waals surface area contributed by atoms with E-state index in [0.717, 1.165) is 25.9 Å². The standard InChI is InChI=1S/C19H22FN3O3/c20-19-4-2-15(8-22-19)26-16-5-12-9-23(10-13(12)6-16)11-18(25)17-3-1-14(24)7-21-17/h1-4,7-8,12-13,16,18,24-25H,5-6,9-11H2/t12-,13+,16-,18?. The van der Waals surface area contributed by atoms with Gasteiger partial charge in [-0.25, -0.2) is 4.98 Å². The first kappa shape index (κ1) is 17.2. The summed E-state index contributed by atoms with van der Waals surface area (Å²) in [7, 11) is 0. The fraction of sp³-hybridized carbons (Fsp3) is 0.474. The van der Waals surface area contributed by atoms with Gasteiger partial charge in [-0.2, -0.15) is 4.39 Å². The van der Waals surface area contributed by atoms with Crippen LogP contribution in [0.2, 0.25) is 0 Å². The second-order valence-corrected chi connectivity index (χ2v) is 7.22. The number of aliphatic hydroxyl groups excluding tert-OH is 1. The molecule has 2 N–H and O–H groups in total. The van der Waals surface area contributed by atoms with E-state index in [0.29, 0.717) is 29.8 Å². The topological polar surface area (TPSA) is 78.7 Å². The molecule has 4 atom stereocenters. The average molecular weight is 359 g/mol. The van der Waals surface area contributed by atoms with Gasteiger partial charge >= 0.3 is 0 Å². The molecule has 2 fully saturated rings. The molecule has 1 aliphatic heterocycles. The Morgan fingerprint density at radius 3 is 2.50 bits per heavy atom. The van der Waals surface area contributed by atoms with Crippen molar-refractivity contribution >= 4 is 0 Å². The highest BCUT2D eigenvalue weighted by Gasteiger charge is 2.42. The zero-order valence-electron chi connectivity index (χ0n) is 14.3. The molecule has 2 aliphatic rings. The summed E-state index contributed by atoms with van der Waals surface area (Å²) < 4.78 is 18.8. The maximum Gasteiger partial charge on any atom is 0.213 e. The van der Waals surface area contributed by atoms with Crippen molar-refractivity contribution in [2.75, 3.05) is 19.6 Å². The van der Waals surface area contributed by atoms with Crippen LogP contribution in [0.25, 0.3) is 0 Å². The van der Waals surface area contributed by atoms with Crippen LogP contribution in [-0.4, -0.2) is 50.8 Å². The minimum Gasteiger partial charge on any atom is -0.506 e. The van der Waals surface area contributed by atoms with E-state index >= 15 is 0 Å². The molecule has 138 valence electrons. The van der Waals surface area contributed by atoms with Crippen LogP contribution in [0.4, 0.5) is 4.39 Å². The lowest BCUT2D eigenvalue weighted by Gasteiger charge is -2.22. The monoisotopic (exact) mass is 359 g/mol. The number of fused-ring (bicyclic) bond motifs is 1. The number of hydrogen-bond donors (Lipinski definition) is 2. The van der Waals surface area contributed by atoms with Gasteiger partial charge in [0.05, 0.1) is 24.2 Å². The van der Waals surface area contributed by atoms with Crippen LogP contribution in [-0.2, 0) is 0 Å². The van der Waals surface area contributed by atoms with Crippen molar-refractivity contribution in [2.24, 2.45) is 11.8 Å². The molecule has 26 heavy (non-hydrogen) atoms. The van der Waals surface area contributed by atoms with E-state index in [-0.39, 0.29) is 11.9 Å². The maximum atomic E-state index is 12.9. The fourth-order valence-corrected chi connectivity index (χ4v) is 4.14. The molecular formula is C19H22FN3O3. The SMILES string of the molecule is Oc1ccc(C(O)CN2C[C@H]3C[C@@H](Oc4ccc(F)nc4)C[C@H]3C2)nc1. The number of aromatic hydroxyl groups is 1. The molecular weight excluding hydrogens is 337 g/mol.